The zero-order valence-electron chi connectivity index (χ0n) is 14.7. The van der Waals surface area contributed by atoms with Crippen molar-refractivity contribution in [3.8, 4) is 0 Å². The second-order valence-electron chi connectivity index (χ2n) is 8.04. The zero-order chi connectivity index (χ0) is 15.4. The summed E-state index contributed by atoms with van der Waals surface area (Å²) in [6, 6.07) is 2.28. The van der Waals surface area contributed by atoms with Gasteiger partial charge < -0.3 is 15.0 Å². The van der Waals surface area contributed by atoms with E-state index in [2.05, 4.69) is 24.1 Å². The van der Waals surface area contributed by atoms with E-state index >= 15 is 0 Å². The van der Waals surface area contributed by atoms with Gasteiger partial charge in [-0.3, -0.25) is 0 Å². The maximum Gasteiger partial charge on any atom is 0.0469 e. The number of rotatable bonds is 4. The van der Waals surface area contributed by atoms with Crippen molar-refractivity contribution < 1.29 is 4.74 Å². The third-order valence-electron chi connectivity index (χ3n) is 6.54. The minimum absolute atomic E-state index is 0.661. The van der Waals surface area contributed by atoms with Crippen molar-refractivity contribution >= 4 is 0 Å². The van der Waals surface area contributed by atoms with Gasteiger partial charge in [-0.1, -0.05) is 19.8 Å². The Morgan fingerprint density at radius 3 is 2.32 bits per heavy atom. The van der Waals surface area contributed by atoms with Crippen LogP contribution in [-0.2, 0) is 4.74 Å². The van der Waals surface area contributed by atoms with Crippen molar-refractivity contribution in [2.75, 3.05) is 26.3 Å². The molecule has 3 aliphatic rings. The molecule has 0 aromatic rings. The summed E-state index contributed by atoms with van der Waals surface area (Å²) in [6.45, 7) is 9.43. The number of likely N-dealkylation sites (tertiary alicyclic amines) is 1. The molecule has 3 atom stereocenters. The lowest BCUT2D eigenvalue weighted by atomic mass is 9.83. The SMILES string of the molecule is C[C@@H]1CCCC[C@@H]1N1CCC(N[C@H](C)C2CCOCC2)CC1. The first-order valence-corrected chi connectivity index (χ1v) is 9.82. The Labute approximate surface area is 137 Å². The molecule has 0 aromatic heterocycles. The van der Waals surface area contributed by atoms with Gasteiger partial charge in [-0.05, 0) is 70.4 Å². The molecule has 128 valence electrons. The highest BCUT2D eigenvalue weighted by Crippen LogP contribution is 2.30. The van der Waals surface area contributed by atoms with E-state index < -0.39 is 0 Å². The lowest BCUT2D eigenvalue weighted by molar-refractivity contribution is 0.0483. The zero-order valence-corrected chi connectivity index (χ0v) is 14.7. The van der Waals surface area contributed by atoms with Crippen LogP contribution in [0.15, 0.2) is 0 Å². The van der Waals surface area contributed by atoms with Crippen molar-refractivity contribution in [1.29, 1.82) is 0 Å². The molecule has 0 amide bonds. The highest BCUT2D eigenvalue weighted by Gasteiger charge is 2.31. The molecular formula is C19H36N2O. The Bertz CT molecular complexity index is 321. The Morgan fingerprint density at radius 1 is 0.955 bits per heavy atom. The van der Waals surface area contributed by atoms with Gasteiger partial charge in [-0.15, -0.1) is 0 Å². The van der Waals surface area contributed by atoms with E-state index in [0.717, 1.165) is 37.1 Å². The highest BCUT2D eigenvalue weighted by atomic mass is 16.5. The summed E-state index contributed by atoms with van der Waals surface area (Å²) in [4.78, 5) is 2.81. The first kappa shape index (κ1) is 16.7. The molecule has 3 nitrogen and oxygen atoms in total. The fourth-order valence-corrected chi connectivity index (χ4v) is 4.96. The molecule has 3 heteroatoms. The Kier molecular flexibility index (Phi) is 6.17. The number of nitrogens with zero attached hydrogens (tertiary/aromatic N) is 1. The summed E-state index contributed by atoms with van der Waals surface area (Å²) in [5.41, 5.74) is 0. The summed E-state index contributed by atoms with van der Waals surface area (Å²) in [7, 11) is 0. The molecule has 22 heavy (non-hydrogen) atoms. The minimum atomic E-state index is 0.661. The van der Waals surface area contributed by atoms with Gasteiger partial charge >= 0.3 is 0 Å². The van der Waals surface area contributed by atoms with Gasteiger partial charge in [-0.2, -0.15) is 0 Å². The lowest BCUT2D eigenvalue weighted by Crippen LogP contribution is -2.51. The molecule has 2 saturated heterocycles. The van der Waals surface area contributed by atoms with Crippen LogP contribution >= 0.6 is 0 Å². The number of piperidine rings is 1. The second-order valence-corrected chi connectivity index (χ2v) is 8.04. The molecule has 1 N–H and O–H groups in total. The summed E-state index contributed by atoms with van der Waals surface area (Å²) >= 11 is 0. The standard InChI is InChI=1S/C19H36N2O/c1-15-5-3-4-6-19(15)21-11-7-18(8-12-21)20-16(2)17-9-13-22-14-10-17/h15-20H,3-14H2,1-2H3/t15-,16-,19+/m1/s1. The molecule has 2 aliphatic heterocycles. The van der Waals surface area contributed by atoms with Crippen LogP contribution in [0, 0.1) is 11.8 Å². The van der Waals surface area contributed by atoms with E-state index in [-0.39, 0.29) is 0 Å². The van der Waals surface area contributed by atoms with Gasteiger partial charge in [0.05, 0.1) is 0 Å². The van der Waals surface area contributed by atoms with Crippen molar-refractivity contribution in [1.82, 2.24) is 10.2 Å². The smallest absolute Gasteiger partial charge is 0.0469 e. The van der Waals surface area contributed by atoms with Crippen LogP contribution < -0.4 is 5.32 Å². The summed E-state index contributed by atoms with van der Waals surface area (Å²) in [5.74, 6) is 1.74. The predicted octanol–water partition coefficient (Wildman–Crippen LogP) is 3.43. The highest BCUT2D eigenvalue weighted by molar-refractivity contribution is 4.88. The Morgan fingerprint density at radius 2 is 1.64 bits per heavy atom. The molecule has 3 rings (SSSR count). The van der Waals surface area contributed by atoms with Crippen LogP contribution in [0.2, 0.25) is 0 Å². The summed E-state index contributed by atoms with van der Waals surface area (Å²) in [6.07, 6.45) is 11.0. The molecule has 1 saturated carbocycles. The Balaban J connectivity index is 1.41. The van der Waals surface area contributed by atoms with E-state index in [4.69, 9.17) is 4.74 Å². The van der Waals surface area contributed by atoms with Crippen molar-refractivity contribution in [3.05, 3.63) is 0 Å². The molecular weight excluding hydrogens is 272 g/mol. The van der Waals surface area contributed by atoms with Gasteiger partial charge in [0.1, 0.15) is 0 Å². The third kappa shape index (κ3) is 4.24. The Hall–Kier alpha value is -0.120. The fraction of sp³-hybridized carbons (Fsp3) is 1.00. The number of hydrogen-bond acceptors (Lipinski definition) is 3. The van der Waals surface area contributed by atoms with Gasteiger partial charge in [0.25, 0.3) is 0 Å². The monoisotopic (exact) mass is 308 g/mol. The van der Waals surface area contributed by atoms with Crippen molar-refractivity contribution in [2.45, 2.75) is 83.3 Å². The van der Waals surface area contributed by atoms with Gasteiger partial charge in [0, 0.05) is 31.3 Å². The molecule has 0 radical (unpaired) electrons. The summed E-state index contributed by atoms with van der Waals surface area (Å²) < 4.78 is 5.50. The third-order valence-corrected chi connectivity index (χ3v) is 6.54. The van der Waals surface area contributed by atoms with Crippen LogP contribution in [0.25, 0.3) is 0 Å². The molecule has 1 aliphatic carbocycles. The minimum Gasteiger partial charge on any atom is -0.381 e. The van der Waals surface area contributed by atoms with E-state index in [9.17, 15) is 0 Å². The number of hydrogen-bond donors (Lipinski definition) is 1. The number of nitrogens with one attached hydrogen (secondary N) is 1. The van der Waals surface area contributed by atoms with Crippen LogP contribution in [0.1, 0.15) is 65.2 Å². The quantitative estimate of drug-likeness (QED) is 0.861. The molecule has 0 bridgehead atoms. The van der Waals surface area contributed by atoms with Crippen molar-refractivity contribution in [3.63, 3.8) is 0 Å². The second kappa shape index (κ2) is 8.12. The largest absolute Gasteiger partial charge is 0.381 e. The average Bonchev–Trinajstić information content (AvgIpc) is 2.57. The average molecular weight is 309 g/mol. The molecule has 2 heterocycles. The topological polar surface area (TPSA) is 24.5 Å². The van der Waals surface area contributed by atoms with Crippen LogP contribution in [0.5, 0.6) is 0 Å². The van der Waals surface area contributed by atoms with Crippen LogP contribution in [0.4, 0.5) is 0 Å². The molecule has 0 spiro atoms. The van der Waals surface area contributed by atoms with Gasteiger partial charge in [0.2, 0.25) is 0 Å². The maximum absolute atomic E-state index is 5.50. The molecule has 3 fully saturated rings. The fourth-order valence-electron chi connectivity index (χ4n) is 4.96. The van der Waals surface area contributed by atoms with Gasteiger partial charge in [-0.25, -0.2) is 0 Å². The maximum atomic E-state index is 5.50. The molecule has 0 unspecified atom stereocenters. The first-order chi connectivity index (χ1) is 10.7. The normalized spacial score (nSPS) is 34.6. The van der Waals surface area contributed by atoms with E-state index in [1.807, 2.05) is 0 Å². The lowest BCUT2D eigenvalue weighted by Gasteiger charge is -2.43. The molecule has 0 aromatic carbocycles. The van der Waals surface area contributed by atoms with Crippen LogP contribution in [0.3, 0.4) is 0 Å². The van der Waals surface area contributed by atoms with E-state index in [0.29, 0.717) is 6.04 Å². The van der Waals surface area contributed by atoms with Gasteiger partial charge in [0.15, 0.2) is 0 Å². The number of ether oxygens (including phenoxy) is 1. The predicted molar refractivity (Wildman–Crippen MR) is 92.2 cm³/mol. The van der Waals surface area contributed by atoms with Crippen molar-refractivity contribution in [2.24, 2.45) is 11.8 Å². The first-order valence-electron chi connectivity index (χ1n) is 9.82. The van der Waals surface area contributed by atoms with E-state index in [1.165, 1.54) is 64.5 Å². The van der Waals surface area contributed by atoms with E-state index in [1.54, 1.807) is 0 Å². The summed E-state index contributed by atoms with van der Waals surface area (Å²) in [5, 5.41) is 3.94. The van der Waals surface area contributed by atoms with Crippen LogP contribution in [-0.4, -0.2) is 49.3 Å².